The van der Waals surface area contributed by atoms with E-state index in [-0.39, 0.29) is 5.54 Å². The summed E-state index contributed by atoms with van der Waals surface area (Å²) < 4.78 is 4.74. The zero-order valence-electron chi connectivity index (χ0n) is 10.9. The Hall–Kier alpha value is -1.65. The predicted octanol–water partition coefficient (Wildman–Crippen LogP) is 2.40. The highest BCUT2D eigenvalue weighted by Crippen LogP contribution is 2.31. The molecule has 1 fully saturated rings. The van der Waals surface area contributed by atoms with Gasteiger partial charge >= 0.3 is 5.97 Å². The minimum atomic E-state index is -0.405. The van der Waals surface area contributed by atoms with Gasteiger partial charge in [-0.15, -0.1) is 0 Å². The molecule has 1 aromatic heterocycles. The Labute approximate surface area is 107 Å². The number of aromatic nitrogens is 2. The van der Waals surface area contributed by atoms with E-state index in [1.165, 1.54) is 38.9 Å². The van der Waals surface area contributed by atoms with Gasteiger partial charge in [-0.1, -0.05) is 19.3 Å². The molecule has 0 atom stereocenters. The van der Waals surface area contributed by atoms with Crippen LogP contribution in [0.4, 0.5) is 5.82 Å². The normalized spacial score (nSPS) is 18.1. The molecule has 1 aliphatic rings. The van der Waals surface area contributed by atoms with E-state index >= 15 is 0 Å². The van der Waals surface area contributed by atoms with Gasteiger partial charge in [0.05, 0.1) is 7.11 Å². The first kappa shape index (κ1) is 12.8. The van der Waals surface area contributed by atoms with Crippen LogP contribution in [-0.4, -0.2) is 28.6 Å². The molecule has 5 heteroatoms. The van der Waals surface area contributed by atoms with E-state index in [0.717, 1.165) is 12.8 Å². The van der Waals surface area contributed by atoms with Gasteiger partial charge in [0.1, 0.15) is 17.7 Å². The number of esters is 1. The van der Waals surface area contributed by atoms with E-state index in [4.69, 9.17) is 4.74 Å². The van der Waals surface area contributed by atoms with Crippen LogP contribution in [0.5, 0.6) is 0 Å². The van der Waals surface area contributed by atoms with Crippen LogP contribution in [0.25, 0.3) is 0 Å². The SMILES string of the molecule is COC(=O)c1cncnc1NC1(C)CCCCC1. The van der Waals surface area contributed by atoms with Gasteiger partial charge in [0.15, 0.2) is 0 Å². The van der Waals surface area contributed by atoms with E-state index < -0.39 is 5.97 Å². The number of hydrogen-bond donors (Lipinski definition) is 1. The van der Waals surface area contributed by atoms with Crippen LogP contribution in [-0.2, 0) is 4.74 Å². The molecule has 0 aromatic carbocycles. The van der Waals surface area contributed by atoms with Crippen molar-refractivity contribution in [1.82, 2.24) is 9.97 Å². The van der Waals surface area contributed by atoms with Crippen LogP contribution in [0.1, 0.15) is 49.4 Å². The van der Waals surface area contributed by atoms with E-state index in [1.807, 2.05) is 0 Å². The summed E-state index contributed by atoms with van der Waals surface area (Å²) in [6.45, 7) is 2.18. The Bertz CT molecular complexity index is 428. The van der Waals surface area contributed by atoms with E-state index in [1.54, 1.807) is 0 Å². The average Bonchev–Trinajstić information content (AvgIpc) is 2.39. The van der Waals surface area contributed by atoms with Gasteiger partial charge in [-0.25, -0.2) is 14.8 Å². The summed E-state index contributed by atoms with van der Waals surface area (Å²) in [4.78, 5) is 19.7. The minimum absolute atomic E-state index is 0.00930. The van der Waals surface area contributed by atoms with Crippen molar-refractivity contribution in [3.8, 4) is 0 Å². The number of nitrogens with one attached hydrogen (secondary N) is 1. The summed E-state index contributed by atoms with van der Waals surface area (Å²) in [6.07, 6.45) is 8.83. The molecule has 5 nitrogen and oxygen atoms in total. The molecular formula is C13H19N3O2. The van der Waals surface area contributed by atoms with Gasteiger partial charge in [-0.2, -0.15) is 0 Å². The van der Waals surface area contributed by atoms with Crippen LogP contribution in [0.15, 0.2) is 12.5 Å². The molecule has 98 valence electrons. The molecule has 1 N–H and O–H groups in total. The summed E-state index contributed by atoms with van der Waals surface area (Å²) in [5, 5.41) is 3.39. The molecule has 0 amide bonds. The average molecular weight is 249 g/mol. The van der Waals surface area contributed by atoms with Crippen LogP contribution >= 0.6 is 0 Å². The van der Waals surface area contributed by atoms with E-state index in [2.05, 4.69) is 22.2 Å². The second-order valence-electron chi connectivity index (χ2n) is 5.02. The molecule has 1 heterocycles. The number of hydrogen-bond acceptors (Lipinski definition) is 5. The van der Waals surface area contributed by atoms with Crippen molar-refractivity contribution in [3.63, 3.8) is 0 Å². The molecule has 2 rings (SSSR count). The number of rotatable bonds is 3. The molecule has 0 saturated heterocycles. The Morgan fingerprint density at radius 1 is 1.39 bits per heavy atom. The maximum atomic E-state index is 11.6. The van der Waals surface area contributed by atoms with Crippen LogP contribution in [0, 0.1) is 0 Å². The van der Waals surface area contributed by atoms with Gasteiger partial charge < -0.3 is 10.1 Å². The van der Waals surface area contributed by atoms with Crippen molar-refractivity contribution in [2.45, 2.75) is 44.6 Å². The lowest BCUT2D eigenvalue weighted by atomic mass is 9.83. The number of methoxy groups -OCH3 is 1. The fraction of sp³-hybridized carbons (Fsp3) is 0.615. The molecule has 1 saturated carbocycles. The summed E-state index contributed by atoms with van der Waals surface area (Å²) in [5.41, 5.74) is 0.404. The molecule has 0 spiro atoms. The monoisotopic (exact) mass is 249 g/mol. The standard InChI is InChI=1S/C13H19N3O2/c1-13(6-4-3-5-7-13)16-11-10(12(17)18-2)8-14-9-15-11/h8-9H,3-7H2,1-2H3,(H,14,15,16). The highest BCUT2D eigenvalue weighted by Gasteiger charge is 2.28. The lowest BCUT2D eigenvalue weighted by Crippen LogP contribution is -2.37. The first-order valence-corrected chi connectivity index (χ1v) is 6.31. The van der Waals surface area contributed by atoms with Crippen molar-refractivity contribution in [2.24, 2.45) is 0 Å². The van der Waals surface area contributed by atoms with Crippen molar-refractivity contribution < 1.29 is 9.53 Å². The Morgan fingerprint density at radius 3 is 2.78 bits per heavy atom. The lowest BCUT2D eigenvalue weighted by molar-refractivity contribution is 0.0601. The van der Waals surface area contributed by atoms with Crippen molar-refractivity contribution in [2.75, 3.05) is 12.4 Å². The van der Waals surface area contributed by atoms with E-state index in [9.17, 15) is 4.79 Å². The van der Waals surface area contributed by atoms with Gasteiger partial charge in [-0.3, -0.25) is 0 Å². The molecule has 0 aliphatic heterocycles. The molecule has 18 heavy (non-hydrogen) atoms. The molecule has 1 aliphatic carbocycles. The van der Waals surface area contributed by atoms with Gasteiger partial charge in [0.25, 0.3) is 0 Å². The first-order valence-electron chi connectivity index (χ1n) is 6.31. The number of nitrogens with zero attached hydrogens (tertiary/aromatic N) is 2. The second kappa shape index (κ2) is 5.33. The van der Waals surface area contributed by atoms with Crippen molar-refractivity contribution >= 4 is 11.8 Å². The van der Waals surface area contributed by atoms with Gasteiger partial charge in [0, 0.05) is 11.7 Å². The summed E-state index contributed by atoms with van der Waals surface area (Å²) >= 11 is 0. The Balaban J connectivity index is 2.20. The molecule has 0 radical (unpaired) electrons. The topological polar surface area (TPSA) is 64.1 Å². The van der Waals surface area contributed by atoms with E-state index in [0.29, 0.717) is 11.4 Å². The first-order chi connectivity index (χ1) is 8.64. The molecule has 1 aromatic rings. The largest absolute Gasteiger partial charge is 0.465 e. The summed E-state index contributed by atoms with van der Waals surface area (Å²) in [6, 6.07) is 0. The van der Waals surface area contributed by atoms with Crippen LogP contribution in [0.3, 0.4) is 0 Å². The summed E-state index contributed by atoms with van der Waals surface area (Å²) in [7, 11) is 1.36. The predicted molar refractivity (Wildman–Crippen MR) is 68.5 cm³/mol. The molecule has 0 bridgehead atoms. The third-order valence-electron chi connectivity index (χ3n) is 3.49. The van der Waals surface area contributed by atoms with Crippen molar-refractivity contribution in [1.29, 1.82) is 0 Å². The maximum Gasteiger partial charge on any atom is 0.343 e. The van der Waals surface area contributed by atoms with Gasteiger partial charge in [-0.05, 0) is 19.8 Å². The maximum absolute atomic E-state index is 11.6. The van der Waals surface area contributed by atoms with Crippen molar-refractivity contribution in [3.05, 3.63) is 18.1 Å². The highest BCUT2D eigenvalue weighted by molar-refractivity contribution is 5.94. The number of anilines is 1. The Morgan fingerprint density at radius 2 is 2.11 bits per heavy atom. The summed E-state index contributed by atoms with van der Waals surface area (Å²) in [5.74, 6) is 0.166. The minimum Gasteiger partial charge on any atom is -0.465 e. The van der Waals surface area contributed by atoms with Gasteiger partial charge in [0.2, 0.25) is 0 Å². The smallest absolute Gasteiger partial charge is 0.343 e. The second-order valence-corrected chi connectivity index (χ2v) is 5.02. The van der Waals surface area contributed by atoms with Crippen LogP contribution in [0.2, 0.25) is 0 Å². The lowest BCUT2D eigenvalue weighted by Gasteiger charge is -2.35. The zero-order valence-corrected chi connectivity index (χ0v) is 10.9. The fourth-order valence-electron chi connectivity index (χ4n) is 2.43. The zero-order chi connectivity index (χ0) is 13.0. The van der Waals surface area contributed by atoms with Crippen LogP contribution < -0.4 is 5.32 Å². The quantitative estimate of drug-likeness (QED) is 0.833. The fourth-order valence-corrected chi connectivity index (χ4v) is 2.43. The molecule has 0 unspecified atom stereocenters. The number of carbonyl (C=O) groups is 1. The molecular weight excluding hydrogens is 230 g/mol. The number of carbonyl (C=O) groups excluding carboxylic acids is 1. The number of ether oxygens (including phenoxy) is 1. The Kier molecular flexibility index (Phi) is 3.79. The highest BCUT2D eigenvalue weighted by atomic mass is 16.5. The third-order valence-corrected chi connectivity index (χ3v) is 3.49. The third kappa shape index (κ3) is 2.78.